The third-order valence-electron chi connectivity index (χ3n) is 3.70. The van der Waals surface area contributed by atoms with Gasteiger partial charge in [0.25, 0.3) is 0 Å². The summed E-state index contributed by atoms with van der Waals surface area (Å²) in [7, 11) is 0. The third-order valence-corrected chi connectivity index (χ3v) is 3.70. The molecule has 0 aliphatic carbocycles. The minimum atomic E-state index is 0. The maximum absolute atomic E-state index is 2.27. The molecule has 3 rings (SSSR count). The van der Waals surface area contributed by atoms with Gasteiger partial charge in [0, 0.05) is 0 Å². The fourth-order valence-corrected chi connectivity index (χ4v) is 2.48. The Morgan fingerprint density at radius 3 is 1.95 bits per heavy atom. The molecule has 3 heteroatoms. The van der Waals surface area contributed by atoms with E-state index < -0.39 is 0 Å². The van der Waals surface area contributed by atoms with Crippen LogP contribution in [0.5, 0.6) is 0 Å². The van der Waals surface area contributed by atoms with Gasteiger partial charge in [-0.2, -0.15) is 0 Å². The second-order valence-electron chi connectivity index (χ2n) is 6.20. The summed E-state index contributed by atoms with van der Waals surface area (Å²) in [5, 5.41) is 2.63. The molecule has 0 radical (unpaired) electrons. The molecule has 0 heterocycles. The minimum Gasteiger partial charge on any atom is -1.00 e. The molecular weight excluding hydrogens is 478 g/mol. The number of hydrogen-bond donors (Lipinski definition) is 0. The van der Waals surface area contributed by atoms with Crippen LogP contribution in [-0.2, 0) is 31.3 Å². The summed E-state index contributed by atoms with van der Waals surface area (Å²) < 4.78 is 0. The van der Waals surface area contributed by atoms with E-state index >= 15 is 0 Å². The molecule has 112 valence electrons. The van der Waals surface area contributed by atoms with Crippen LogP contribution in [0.3, 0.4) is 0 Å². The first-order chi connectivity index (χ1) is 9.04. The van der Waals surface area contributed by atoms with Crippen molar-refractivity contribution in [2.75, 3.05) is 0 Å². The number of halogens is 2. The molecule has 0 spiro atoms. The van der Waals surface area contributed by atoms with Gasteiger partial charge in [-0.25, -0.2) is 0 Å². The van der Waals surface area contributed by atoms with Gasteiger partial charge in [0.2, 0.25) is 0 Å². The fraction of sp³-hybridized carbons (Fsp3) is 0.211. The molecule has 0 fully saturated rings. The van der Waals surface area contributed by atoms with Gasteiger partial charge in [-0.1, -0.05) is 68.8 Å². The second-order valence-corrected chi connectivity index (χ2v) is 6.20. The monoisotopic (exact) mass is 497 g/mol. The van der Waals surface area contributed by atoms with Crippen LogP contribution >= 0.6 is 0 Å². The molecule has 3 aromatic rings. The maximum atomic E-state index is 2.27. The molecule has 0 nitrogen and oxygen atoms in total. The second kappa shape index (κ2) is 8.38. The quantitative estimate of drug-likeness (QED) is 0.316. The molecular formula is C19H19Cl2Hf+. The molecule has 0 aliphatic rings. The Morgan fingerprint density at radius 1 is 0.818 bits per heavy atom. The first kappa shape index (κ1) is 21.5. The molecule has 0 atom stereocenters. The van der Waals surface area contributed by atoms with Crippen molar-refractivity contribution in [3.8, 4) is 11.1 Å². The average Bonchev–Trinajstić information content (AvgIpc) is 2.81. The minimum absolute atomic E-state index is 0. The van der Waals surface area contributed by atoms with Crippen molar-refractivity contribution in [3.63, 3.8) is 0 Å². The standard InChI is InChI=1S/C19H19.2ClH.Hf/c1-19(2,3)18-10-8-14(9-11-18)17-12-15-6-4-5-7-16(15)13-17;;;/h4-13H,1-3H3;2*1H;/q-1;;;+4/p-2. The zero-order valence-corrected chi connectivity index (χ0v) is 18.1. The summed E-state index contributed by atoms with van der Waals surface area (Å²) in [5.41, 5.74) is 4.20. The SMILES string of the molecule is CC(C)(C)c1ccc(-c2cc3ccccc3[cH-]2)cc1.[Cl-].[Cl-].[Hf+4]. The molecule has 22 heavy (non-hydrogen) atoms. The molecule has 0 aromatic heterocycles. The number of rotatable bonds is 1. The van der Waals surface area contributed by atoms with Crippen LogP contribution in [-0.4, -0.2) is 0 Å². The van der Waals surface area contributed by atoms with E-state index in [-0.39, 0.29) is 56.1 Å². The first-order valence-electron chi connectivity index (χ1n) is 6.80. The smallest absolute Gasteiger partial charge is 1.00 e. The number of benzene rings is 2. The number of fused-ring (bicyclic) bond motifs is 1. The normalized spacial score (nSPS) is 10.3. The van der Waals surface area contributed by atoms with E-state index in [0.29, 0.717) is 0 Å². The Bertz CT molecular complexity index is 673. The van der Waals surface area contributed by atoms with Gasteiger partial charge in [-0.05, 0) is 11.0 Å². The molecule has 0 amide bonds. The van der Waals surface area contributed by atoms with Crippen LogP contribution in [0.25, 0.3) is 21.9 Å². The summed E-state index contributed by atoms with van der Waals surface area (Å²) >= 11 is 0. The molecule has 3 aromatic carbocycles. The van der Waals surface area contributed by atoms with E-state index in [0.717, 1.165) is 0 Å². The zero-order chi connectivity index (χ0) is 13.5. The Hall–Kier alpha value is -0.500. The van der Waals surface area contributed by atoms with E-state index in [1.54, 1.807) is 0 Å². The van der Waals surface area contributed by atoms with Gasteiger partial charge < -0.3 is 24.8 Å². The van der Waals surface area contributed by atoms with Gasteiger partial charge in [-0.15, -0.1) is 34.5 Å². The van der Waals surface area contributed by atoms with Crippen LogP contribution in [0.15, 0.2) is 60.7 Å². The van der Waals surface area contributed by atoms with Gasteiger partial charge in [-0.3, -0.25) is 0 Å². The first-order valence-corrected chi connectivity index (χ1v) is 6.80. The molecule has 0 bridgehead atoms. The van der Waals surface area contributed by atoms with Crippen molar-refractivity contribution < 1.29 is 50.7 Å². The van der Waals surface area contributed by atoms with Crippen molar-refractivity contribution in [3.05, 3.63) is 66.2 Å². The summed E-state index contributed by atoms with van der Waals surface area (Å²) in [6, 6.07) is 22.0. The molecule has 0 saturated carbocycles. The molecule has 0 unspecified atom stereocenters. The van der Waals surface area contributed by atoms with Gasteiger partial charge >= 0.3 is 25.8 Å². The summed E-state index contributed by atoms with van der Waals surface area (Å²) in [6.45, 7) is 6.75. The van der Waals surface area contributed by atoms with Crippen LogP contribution in [0.4, 0.5) is 0 Å². The number of hydrogen-bond acceptors (Lipinski definition) is 0. The Labute approximate surface area is 164 Å². The molecule has 0 N–H and O–H groups in total. The van der Waals surface area contributed by atoms with Crippen molar-refractivity contribution in [1.82, 2.24) is 0 Å². The van der Waals surface area contributed by atoms with E-state index in [1.165, 1.54) is 27.5 Å². The topological polar surface area (TPSA) is 0 Å². The van der Waals surface area contributed by atoms with Crippen LogP contribution < -0.4 is 24.8 Å². The Morgan fingerprint density at radius 2 is 1.41 bits per heavy atom. The van der Waals surface area contributed by atoms with Crippen molar-refractivity contribution >= 4 is 10.8 Å². The predicted octanol–water partition coefficient (Wildman–Crippen LogP) is -0.471. The largest absolute Gasteiger partial charge is 4.00 e. The van der Waals surface area contributed by atoms with Gasteiger partial charge in [0.15, 0.2) is 0 Å². The van der Waals surface area contributed by atoms with E-state index in [9.17, 15) is 0 Å². The summed E-state index contributed by atoms with van der Waals surface area (Å²) in [4.78, 5) is 0. The Balaban J connectivity index is 0.00000147. The average molecular weight is 497 g/mol. The maximum Gasteiger partial charge on any atom is 4.00 e. The van der Waals surface area contributed by atoms with Crippen LogP contribution in [0.2, 0.25) is 0 Å². The summed E-state index contributed by atoms with van der Waals surface area (Å²) in [5.74, 6) is 0. The van der Waals surface area contributed by atoms with Gasteiger partial charge in [0.1, 0.15) is 0 Å². The van der Waals surface area contributed by atoms with Gasteiger partial charge in [0.05, 0.1) is 0 Å². The van der Waals surface area contributed by atoms with Crippen molar-refractivity contribution in [1.29, 1.82) is 0 Å². The predicted molar refractivity (Wildman–Crippen MR) is 83.7 cm³/mol. The van der Waals surface area contributed by atoms with Crippen LogP contribution in [0.1, 0.15) is 26.3 Å². The van der Waals surface area contributed by atoms with Crippen molar-refractivity contribution in [2.45, 2.75) is 26.2 Å². The molecule has 0 aliphatic heterocycles. The third kappa shape index (κ3) is 4.50. The fourth-order valence-electron chi connectivity index (χ4n) is 2.48. The van der Waals surface area contributed by atoms with E-state index in [1.807, 2.05) is 0 Å². The van der Waals surface area contributed by atoms with Crippen molar-refractivity contribution in [2.24, 2.45) is 0 Å². The van der Waals surface area contributed by atoms with E-state index in [2.05, 4.69) is 81.4 Å². The Kier molecular flexibility index (Phi) is 8.19. The molecule has 0 saturated heterocycles. The summed E-state index contributed by atoms with van der Waals surface area (Å²) in [6.07, 6.45) is 0. The van der Waals surface area contributed by atoms with E-state index in [4.69, 9.17) is 0 Å². The zero-order valence-electron chi connectivity index (χ0n) is 13.0. The van der Waals surface area contributed by atoms with Crippen LogP contribution in [0, 0.1) is 0 Å².